The lowest BCUT2D eigenvalue weighted by molar-refractivity contribution is 0.365. The molecule has 0 radical (unpaired) electrons. The highest BCUT2D eigenvalue weighted by atomic mass is 15.3. The average Bonchev–Trinajstić information content (AvgIpc) is 2.33. The third kappa shape index (κ3) is 1.43. The lowest BCUT2D eigenvalue weighted by Crippen LogP contribution is -2.45. The molecule has 1 aliphatic rings. The average molecular weight is 166 g/mol. The summed E-state index contributed by atoms with van der Waals surface area (Å²) in [4.78, 5) is 0. The molecule has 2 heterocycles. The van der Waals surface area contributed by atoms with Crippen molar-refractivity contribution in [2.75, 3.05) is 25.0 Å². The minimum absolute atomic E-state index is 0.792. The van der Waals surface area contributed by atoms with Crippen molar-refractivity contribution in [1.29, 1.82) is 0 Å². The first-order chi connectivity index (χ1) is 5.86. The fourth-order valence-electron chi connectivity index (χ4n) is 1.29. The summed E-state index contributed by atoms with van der Waals surface area (Å²) in [7, 11) is 1.95. The minimum atomic E-state index is 0.792. The van der Waals surface area contributed by atoms with Crippen molar-refractivity contribution < 1.29 is 0 Å². The van der Waals surface area contributed by atoms with Crippen LogP contribution in [-0.2, 0) is 7.05 Å². The van der Waals surface area contributed by atoms with Crippen molar-refractivity contribution in [2.45, 2.75) is 0 Å². The number of hydrogen-bond acceptors (Lipinski definition) is 3. The molecular formula is C8H14N4. The Hall–Kier alpha value is -1.03. The molecule has 0 saturated carbocycles. The van der Waals surface area contributed by atoms with Gasteiger partial charge in [0.15, 0.2) is 0 Å². The van der Waals surface area contributed by atoms with Gasteiger partial charge in [-0.15, -0.1) is 0 Å². The first kappa shape index (κ1) is 7.61. The summed E-state index contributed by atoms with van der Waals surface area (Å²) in [6, 6.07) is 1.99. The maximum atomic E-state index is 4.08. The van der Waals surface area contributed by atoms with E-state index in [1.807, 2.05) is 17.8 Å². The van der Waals surface area contributed by atoms with E-state index in [-0.39, 0.29) is 0 Å². The highest BCUT2D eigenvalue weighted by Crippen LogP contribution is 2.07. The van der Waals surface area contributed by atoms with Gasteiger partial charge in [-0.3, -0.25) is 4.68 Å². The normalized spacial score (nSPS) is 17.4. The lowest BCUT2D eigenvalue weighted by Gasteiger charge is -2.27. The Morgan fingerprint density at radius 1 is 1.75 bits per heavy atom. The third-order valence-electron chi connectivity index (χ3n) is 2.26. The SMILES string of the molecule is Cn1nccc1NCC1CNC1. The summed E-state index contributed by atoms with van der Waals surface area (Å²) < 4.78 is 1.85. The van der Waals surface area contributed by atoms with Crippen molar-refractivity contribution >= 4 is 5.82 Å². The fraction of sp³-hybridized carbons (Fsp3) is 0.625. The van der Waals surface area contributed by atoms with Crippen molar-refractivity contribution in [3.05, 3.63) is 12.3 Å². The van der Waals surface area contributed by atoms with Gasteiger partial charge in [-0.25, -0.2) is 0 Å². The van der Waals surface area contributed by atoms with Crippen LogP contribution in [0.4, 0.5) is 5.82 Å². The molecule has 0 amide bonds. The van der Waals surface area contributed by atoms with Gasteiger partial charge in [0.05, 0.1) is 6.20 Å². The maximum Gasteiger partial charge on any atom is 0.123 e. The van der Waals surface area contributed by atoms with Crippen LogP contribution in [0.1, 0.15) is 0 Å². The van der Waals surface area contributed by atoms with Crippen LogP contribution in [0.3, 0.4) is 0 Å². The van der Waals surface area contributed by atoms with E-state index in [1.54, 1.807) is 6.20 Å². The van der Waals surface area contributed by atoms with E-state index >= 15 is 0 Å². The van der Waals surface area contributed by atoms with Crippen LogP contribution in [0.25, 0.3) is 0 Å². The smallest absolute Gasteiger partial charge is 0.123 e. The van der Waals surface area contributed by atoms with Gasteiger partial charge in [-0.1, -0.05) is 0 Å². The molecule has 66 valence electrons. The highest BCUT2D eigenvalue weighted by molar-refractivity contribution is 5.33. The molecule has 1 fully saturated rings. The van der Waals surface area contributed by atoms with Crippen molar-refractivity contribution in [3.63, 3.8) is 0 Å². The van der Waals surface area contributed by atoms with Gasteiger partial charge in [-0.2, -0.15) is 5.10 Å². The van der Waals surface area contributed by atoms with E-state index in [4.69, 9.17) is 0 Å². The van der Waals surface area contributed by atoms with Gasteiger partial charge >= 0.3 is 0 Å². The molecule has 0 atom stereocenters. The minimum Gasteiger partial charge on any atom is -0.370 e. The van der Waals surface area contributed by atoms with Crippen molar-refractivity contribution in [2.24, 2.45) is 13.0 Å². The summed E-state index contributed by atoms with van der Waals surface area (Å²) in [6.07, 6.45) is 1.81. The Kier molecular flexibility index (Phi) is 1.99. The van der Waals surface area contributed by atoms with Crippen molar-refractivity contribution in [3.8, 4) is 0 Å². The van der Waals surface area contributed by atoms with Gasteiger partial charge in [-0.05, 0) is 0 Å². The summed E-state index contributed by atoms with van der Waals surface area (Å²) in [5.41, 5.74) is 0. The van der Waals surface area contributed by atoms with Crippen molar-refractivity contribution in [1.82, 2.24) is 15.1 Å². The Bertz CT molecular complexity index is 251. The molecule has 1 saturated heterocycles. The first-order valence-electron chi connectivity index (χ1n) is 4.29. The summed E-state index contributed by atoms with van der Waals surface area (Å²) in [5.74, 6) is 1.89. The Labute approximate surface area is 72.0 Å². The van der Waals surface area contributed by atoms with Crippen LogP contribution in [0, 0.1) is 5.92 Å². The molecule has 0 spiro atoms. The van der Waals surface area contributed by atoms with Crippen LogP contribution >= 0.6 is 0 Å². The molecule has 0 aromatic carbocycles. The second kappa shape index (κ2) is 3.15. The van der Waals surface area contributed by atoms with Gasteiger partial charge in [0.2, 0.25) is 0 Å². The van der Waals surface area contributed by atoms with Gasteiger partial charge < -0.3 is 10.6 Å². The first-order valence-corrected chi connectivity index (χ1v) is 4.29. The topological polar surface area (TPSA) is 41.9 Å². The van der Waals surface area contributed by atoms with Gasteiger partial charge in [0.25, 0.3) is 0 Å². The lowest BCUT2D eigenvalue weighted by atomic mass is 10.0. The quantitative estimate of drug-likeness (QED) is 0.666. The second-order valence-corrected chi connectivity index (χ2v) is 3.25. The zero-order valence-electron chi connectivity index (χ0n) is 7.25. The summed E-state index contributed by atoms with van der Waals surface area (Å²) in [5, 5.41) is 10.7. The number of rotatable bonds is 3. The standard InChI is InChI=1S/C8H14N4/c1-12-8(2-3-11-12)10-6-7-4-9-5-7/h2-3,7,9-10H,4-6H2,1H3. The van der Waals surface area contributed by atoms with Gasteiger partial charge in [0.1, 0.15) is 5.82 Å². The molecule has 1 aliphatic heterocycles. The molecule has 0 bridgehead atoms. The number of hydrogen-bond donors (Lipinski definition) is 2. The molecule has 0 unspecified atom stereocenters. The summed E-state index contributed by atoms with van der Waals surface area (Å²) >= 11 is 0. The summed E-state index contributed by atoms with van der Waals surface area (Å²) in [6.45, 7) is 3.34. The molecule has 12 heavy (non-hydrogen) atoms. The number of nitrogens with zero attached hydrogens (tertiary/aromatic N) is 2. The zero-order chi connectivity index (χ0) is 8.39. The monoisotopic (exact) mass is 166 g/mol. The third-order valence-corrected chi connectivity index (χ3v) is 2.26. The van der Waals surface area contributed by atoms with Crippen LogP contribution < -0.4 is 10.6 Å². The number of nitrogens with one attached hydrogen (secondary N) is 2. The largest absolute Gasteiger partial charge is 0.370 e. The number of aromatic nitrogens is 2. The molecule has 1 aromatic rings. The van der Waals surface area contributed by atoms with Gasteiger partial charge in [0, 0.05) is 38.7 Å². The number of aryl methyl sites for hydroxylation is 1. The Balaban J connectivity index is 1.82. The van der Waals surface area contributed by atoms with E-state index in [1.165, 1.54) is 0 Å². The van der Waals surface area contributed by atoms with E-state index in [2.05, 4.69) is 15.7 Å². The molecule has 2 N–H and O–H groups in total. The van der Waals surface area contributed by atoms with E-state index in [0.29, 0.717) is 0 Å². The van der Waals surface area contributed by atoms with Crippen LogP contribution in [0.5, 0.6) is 0 Å². The number of anilines is 1. The fourth-order valence-corrected chi connectivity index (χ4v) is 1.29. The van der Waals surface area contributed by atoms with E-state index < -0.39 is 0 Å². The zero-order valence-corrected chi connectivity index (χ0v) is 7.25. The van der Waals surface area contributed by atoms with Crippen LogP contribution in [0.15, 0.2) is 12.3 Å². The molecule has 4 nitrogen and oxygen atoms in total. The van der Waals surface area contributed by atoms with E-state index in [9.17, 15) is 0 Å². The maximum absolute atomic E-state index is 4.08. The molecule has 2 rings (SSSR count). The molecule has 1 aromatic heterocycles. The Morgan fingerprint density at radius 3 is 3.08 bits per heavy atom. The predicted octanol–water partition coefficient (Wildman–Crippen LogP) is 0.0514. The molecule has 0 aliphatic carbocycles. The molecule has 4 heteroatoms. The molecular weight excluding hydrogens is 152 g/mol. The van der Waals surface area contributed by atoms with Crippen LogP contribution in [-0.4, -0.2) is 29.4 Å². The second-order valence-electron chi connectivity index (χ2n) is 3.25. The van der Waals surface area contributed by atoms with Crippen LogP contribution in [0.2, 0.25) is 0 Å². The highest BCUT2D eigenvalue weighted by Gasteiger charge is 2.15. The Morgan fingerprint density at radius 2 is 2.58 bits per heavy atom. The predicted molar refractivity (Wildman–Crippen MR) is 48.1 cm³/mol. The van der Waals surface area contributed by atoms with E-state index in [0.717, 1.165) is 31.4 Å².